The van der Waals surface area contributed by atoms with Crippen molar-refractivity contribution in [1.29, 1.82) is 0 Å². The van der Waals surface area contributed by atoms with Crippen molar-refractivity contribution >= 4 is 5.97 Å². The molecule has 0 radical (unpaired) electrons. The maximum absolute atomic E-state index is 10.9. The van der Waals surface area contributed by atoms with E-state index >= 15 is 0 Å². The fraction of sp³-hybridized carbons (Fsp3) is 0.929. The first-order valence-corrected chi connectivity index (χ1v) is 6.72. The molecule has 0 spiro atoms. The molecule has 0 heterocycles. The van der Waals surface area contributed by atoms with E-state index in [1.54, 1.807) is 13.8 Å². The van der Waals surface area contributed by atoms with Crippen LogP contribution in [0.15, 0.2) is 0 Å². The Labute approximate surface area is 106 Å². The number of carboxylic acid groups (broad SMARTS) is 1. The first kappa shape index (κ1) is 16.4. The van der Waals surface area contributed by atoms with Gasteiger partial charge < -0.3 is 10.4 Å². The zero-order valence-electron chi connectivity index (χ0n) is 12.0. The van der Waals surface area contributed by atoms with Gasteiger partial charge in [0.15, 0.2) is 0 Å². The number of hydrogen-bond acceptors (Lipinski definition) is 2. The Kier molecular flexibility index (Phi) is 7.44. The Morgan fingerprint density at radius 1 is 1.24 bits per heavy atom. The Morgan fingerprint density at radius 2 is 1.82 bits per heavy atom. The predicted molar refractivity (Wildman–Crippen MR) is 72.2 cm³/mol. The lowest BCUT2D eigenvalue weighted by molar-refractivity contribution is -0.147. The number of carbonyl (C=O) groups is 1. The minimum absolute atomic E-state index is 0.485. The lowest BCUT2D eigenvalue weighted by Crippen LogP contribution is -2.33. The average molecular weight is 243 g/mol. The van der Waals surface area contributed by atoms with E-state index in [-0.39, 0.29) is 0 Å². The van der Waals surface area contributed by atoms with Crippen molar-refractivity contribution in [3.05, 3.63) is 0 Å². The Morgan fingerprint density at radius 3 is 2.29 bits per heavy atom. The normalized spacial score (nSPS) is 14.0. The Balaban J connectivity index is 3.64. The van der Waals surface area contributed by atoms with Gasteiger partial charge in [0.1, 0.15) is 0 Å². The summed E-state index contributed by atoms with van der Waals surface area (Å²) in [7, 11) is 0. The van der Waals surface area contributed by atoms with Crippen LogP contribution in [0.25, 0.3) is 0 Å². The van der Waals surface area contributed by atoms with E-state index < -0.39 is 11.4 Å². The summed E-state index contributed by atoms with van der Waals surface area (Å²) in [5.74, 6) is 0.0555. The van der Waals surface area contributed by atoms with Crippen LogP contribution in [0.4, 0.5) is 0 Å². The fourth-order valence-electron chi connectivity index (χ4n) is 1.67. The van der Waals surface area contributed by atoms with Crippen molar-refractivity contribution in [3.8, 4) is 0 Å². The van der Waals surface area contributed by atoms with Crippen LogP contribution in [0.5, 0.6) is 0 Å². The van der Waals surface area contributed by atoms with Crippen molar-refractivity contribution in [2.45, 2.75) is 66.3 Å². The summed E-state index contributed by atoms with van der Waals surface area (Å²) >= 11 is 0. The Bertz CT molecular complexity index is 224. The maximum atomic E-state index is 10.9. The molecule has 102 valence electrons. The highest BCUT2D eigenvalue weighted by Gasteiger charge is 2.26. The molecular formula is C14H29NO2. The van der Waals surface area contributed by atoms with Crippen molar-refractivity contribution in [3.63, 3.8) is 0 Å². The van der Waals surface area contributed by atoms with Gasteiger partial charge in [-0.2, -0.15) is 0 Å². The van der Waals surface area contributed by atoms with Crippen LogP contribution in [0.3, 0.4) is 0 Å². The van der Waals surface area contributed by atoms with E-state index in [1.165, 1.54) is 19.3 Å². The third kappa shape index (κ3) is 8.19. The number of carboxylic acids is 1. The molecule has 0 aromatic carbocycles. The van der Waals surface area contributed by atoms with E-state index in [0.29, 0.717) is 12.5 Å². The summed E-state index contributed by atoms with van der Waals surface area (Å²) < 4.78 is 0. The first-order valence-electron chi connectivity index (χ1n) is 6.72. The minimum Gasteiger partial charge on any atom is -0.481 e. The molecule has 2 N–H and O–H groups in total. The highest BCUT2D eigenvalue weighted by atomic mass is 16.4. The number of nitrogens with one attached hydrogen (secondary N) is 1. The zero-order chi connectivity index (χ0) is 13.5. The lowest BCUT2D eigenvalue weighted by Gasteiger charge is -2.21. The molecule has 3 heteroatoms. The van der Waals surface area contributed by atoms with Gasteiger partial charge in [-0.3, -0.25) is 4.79 Å². The smallest absolute Gasteiger partial charge is 0.309 e. The topological polar surface area (TPSA) is 49.3 Å². The molecule has 0 fully saturated rings. The highest BCUT2D eigenvalue weighted by Crippen LogP contribution is 2.19. The molecule has 1 unspecified atom stereocenters. The molecule has 3 nitrogen and oxygen atoms in total. The lowest BCUT2D eigenvalue weighted by atomic mass is 9.89. The zero-order valence-corrected chi connectivity index (χ0v) is 12.0. The van der Waals surface area contributed by atoms with E-state index in [0.717, 1.165) is 12.5 Å². The molecule has 0 rings (SSSR count). The van der Waals surface area contributed by atoms with Crippen LogP contribution >= 0.6 is 0 Å². The molecule has 1 atom stereocenters. The molecule has 0 aliphatic carbocycles. The fourth-order valence-corrected chi connectivity index (χ4v) is 1.67. The van der Waals surface area contributed by atoms with Crippen molar-refractivity contribution in [2.75, 3.05) is 6.54 Å². The molecule has 0 saturated heterocycles. The van der Waals surface area contributed by atoms with E-state index in [4.69, 9.17) is 5.11 Å². The van der Waals surface area contributed by atoms with Gasteiger partial charge >= 0.3 is 5.97 Å². The standard InChI is InChI=1S/C14H29NO2/c1-11(2)7-6-8-12(3)15-10-9-14(4,5)13(16)17/h11-12,15H,6-10H2,1-5H3,(H,16,17). The van der Waals surface area contributed by atoms with E-state index in [1.807, 2.05) is 0 Å². The molecular weight excluding hydrogens is 214 g/mol. The van der Waals surface area contributed by atoms with Crippen molar-refractivity contribution < 1.29 is 9.90 Å². The van der Waals surface area contributed by atoms with Gasteiger partial charge in [-0.1, -0.05) is 26.7 Å². The van der Waals surface area contributed by atoms with Gasteiger partial charge in [0, 0.05) is 6.04 Å². The average Bonchev–Trinajstić information content (AvgIpc) is 2.16. The van der Waals surface area contributed by atoms with Gasteiger partial charge in [-0.15, -0.1) is 0 Å². The summed E-state index contributed by atoms with van der Waals surface area (Å²) in [6.07, 6.45) is 4.36. The summed E-state index contributed by atoms with van der Waals surface area (Å²) in [5.41, 5.74) is -0.620. The van der Waals surface area contributed by atoms with Crippen LogP contribution in [-0.4, -0.2) is 23.7 Å². The van der Waals surface area contributed by atoms with Crippen LogP contribution in [-0.2, 0) is 4.79 Å². The molecule has 0 amide bonds. The van der Waals surface area contributed by atoms with Crippen LogP contribution in [0.2, 0.25) is 0 Å². The van der Waals surface area contributed by atoms with Gasteiger partial charge in [0.05, 0.1) is 5.41 Å². The third-order valence-corrected chi connectivity index (χ3v) is 3.24. The van der Waals surface area contributed by atoms with Gasteiger partial charge in [-0.25, -0.2) is 0 Å². The second-order valence-electron chi connectivity index (χ2n) is 6.12. The third-order valence-electron chi connectivity index (χ3n) is 3.24. The first-order chi connectivity index (χ1) is 7.75. The number of rotatable bonds is 9. The molecule has 0 aliphatic heterocycles. The van der Waals surface area contributed by atoms with Crippen LogP contribution in [0.1, 0.15) is 60.3 Å². The second kappa shape index (κ2) is 7.70. The van der Waals surface area contributed by atoms with Crippen molar-refractivity contribution in [2.24, 2.45) is 11.3 Å². The van der Waals surface area contributed by atoms with Crippen molar-refractivity contribution in [1.82, 2.24) is 5.32 Å². The summed E-state index contributed by atoms with van der Waals surface area (Å²) in [6, 6.07) is 0.485. The van der Waals surface area contributed by atoms with Gasteiger partial charge in [-0.05, 0) is 46.1 Å². The monoisotopic (exact) mass is 243 g/mol. The molecule has 0 aliphatic rings. The quantitative estimate of drug-likeness (QED) is 0.653. The summed E-state index contributed by atoms with van der Waals surface area (Å²) in [4.78, 5) is 10.9. The molecule has 0 saturated carbocycles. The van der Waals surface area contributed by atoms with E-state index in [9.17, 15) is 4.79 Å². The highest BCUT2D eigenvalue weighted by molar-refractivity contribution is 5.73. The predicted octanol–water partition coefficient (Wildman–Crippen LogP) is 3.29. The Hall–Kier alpha value is -0.570. The van der Waals surface area contributed by atoms with E-state index in [2.05, 4.69) is 26.1 Å². The van der Waals surface area contributed by atoms with Gasteiger partial charge in [0.25, 0.3) is 0 Å². The number of hydrogen-bond donors (Lipinski definition) is 2. The molecule has 0 aromatic rings. The SMILES string of the molecule is CC(C)CCCC(C)NCCC(C)(C)C(=O)O. The second-order valence-corrected chi connectivity index (χ2v) is 6.12. The van der Waals surface area contributed by atoms with Crippen LogP contribution < -0.4 is 5.32 Å². The largest absolute Gasteiger partial charge is 0.481 e. The minimum atomic E-state index is -0.716. The summed E-state index contributed by atoms with van der Waals surface area (Å²) in [6.45, 7) is 11.0. The maximum Gasteiger partial charge on any atom is 0.309 e. The summed E-state index contributed by atoms with van der Waals surface area (Å²) in [5, 5.41) is 12.4. The van der Waals surface area contributed by atoms with Gasteiger partial charge in [0.2, 0.25) is 0 Å². The number of aliphatic carboxylic acids is 1. The molecule has 17 heavy (non-hydrogen) atoms. The molecule has 0 bridgehead atoms. The van der Waals surface area contributed by atoms with Crippen LogP contribution in [0, 0.1) is 11.3 Å². The molecule has 0 aromatic heterocycles.